The minimum absolute atomic E-state index is 0.330. The van der Waals surface area contributed by atoms with Crippen LogP contribution in [0.4, 0.5) is 4.79 Å². The van der Waals surface area contributed by atoms with Gasteiger partial charge in [0.05, 0.1) is 7.11 Å². The normalized spacial score (nSPS) is 21.8. The van der Waals surface area contributed by atoms with E-state index in [2.05, 4.69) is 15.4 Å². The van der Waals surface area contributed by atoms with Gasteiger partial charge in [0.1, 0.15) is 0 Å². The first kappa shape index (κ1) is 12.3. The van der Waals surface area contributed by atoms with E-state index in [1.807, 2.05) is 0 Å². The summed E-state index contributed by atoms with van der Waals surface area (Å²) in [5, 5.41) is 6.24. The first-order chi connectivity index (χ1) is 7.33. The predicted octanol–water partition coefficient (Wildman–Crippen LogP) is 1.65. The lowest BCUT2D eigenvalue weighted by Gasteiger charge is -2.15. The molecule has 0 aromatic heterocycles. The van der Waals surface area contributed by atoms with E-state index in [9.17, 15) is 4.79 Å². The van der Waals surface area contributed by atoms with E-state index in [0.29, 0.717) is 12.6 Å². The first-order valence-corrected chi connectivity index (χ1v) is 5.88. The molecule has 2 N–H and O–H groups in total. The zero-order chi connectivity index (χ0) is 10.9. The summed E-state index contributed by atoms with van der Waals surface area (Å²) in [5.74, 6) is 0. The number of methoxy groups -OCH3 is 1. The van der Waals surface area contributed by atoms with E-state index >= 15 is 0 Å². The van der Waals surface area contributed by atoms with Gasteiger partial charge in [-0.15, -0.1) is 0 Å². The van der Waals surface area contributed by atoms with Gasteiger partial charge in [0.2, 0.25) is 0 Å². The minimum atomic E-state index is -0.330. The average molecular weight is 214 g/mol. The number of rotatable bonds is 4. The van der Waals surface area contributed by atoms with E-state index in [1.54, 1.807) is 0 Å². The molecule has 1 aliphatic rings. The van der Waals surface area contributed by atoms with Gasteiger partial charge >= 0.3 is 6.09 Å². The Morgan fingerprint density at radius 3 is 3.13 bits per heavy atom. The molecule has 4 nitrogen and oxygen atoms in total. The van der Waals surface area contributed by atoms with Crippen LogP contribution in [0.1, 0.15) is 38.5 Å². The maximum atomic E-state index is 10.8. The monoisotopic (exact) mass is 214 g/mol. The van der Waals surface area contributed by atoms with Gasteiger partial charge in [-0.2, -0.15) is 0 Å². The van der Waals surface area contributed by atoms with Crippen LogP contribution < -0.4 is 10.6 Å². The Morgan fingerprint density at radius 1 is 1.47 bits per heavy atom. The van der Waals surface area contributed by atoms with Crippen molar-refractivity contribution in [3.05, 3.63) is 0 Å². The number of amides is 1. The molecule has 1 atom stereocenters. The van der Waals surface area contributed by atoms with Crippen molar-refractivity contribution in [3.8, 4) is 0 Å². The Hall–Kier alpha value is -0.770. The highest BCUT2D eigenvalue weighted by Gasteiger charge is 2.10. The number of carbonyl (C=O) groups is 1. The number of alkyl carbamates (subject to hydrolysis) is 1. The quantitative estimate of drug-likeness (QED) is 0.700. The Morgan fingerprint density at radius 2 is 2.33 bits per heavy atom. The van der Waals surface area contributed by atoms with Crippen LogP contribution in [0.2, 0.25) is 0 Å². The molecule has 1 amide bonds. The van der Waals surface area contributed by atoms with Crippen LogP contribution in [0, 0.1) is 0 Å². The van der Waals surface area contributed by atoms with Gasteiger partial charge in [-0.1, -0.05) is 12.8 Å². The van der Waals surface area contributed by atoms with Crippen molar-refractivity contribution in [2.75, 3.05) is 20.2 Å². The summed E-state index contributed by atoms with van der Waals surface area (Å²) in [6.07, 6.45) is 7.10. The van der Waals surface area contributed by atoms with Crippen LogP contribution in [-0.2, 0) is 4.74 Å². The molecule has 1 rings (SSSR count). The zero-order valence-electron chi connectivity index (χ0n) is 9.55. The van der Waals surface area contributed by atoms with E-state index in [1.165, 1.54) is 32.8 Å². The summed E-state index contributed by atoms with van der Waals surface area (Å²) in [4.78, 5) is 10.8. The molecule has 0 bridgehead atoms. The van der Waals surface area contributed by atoms with Crippen molar-refractivity contribution < 1.29 is 9.53 Å². The molecular weight excluding hydrogens is 192 g/mol. The molecular formula is C11H22N2O2. The summed E-state index contributed by atoms with van der Waals surface area (Å²) < 4.78 is 4.50. The van der Waals surface area contributed by atoms with Gasteiger partial charge in [0.25, 0.3) is 0 Å². The van der Waals surface area contributed by atoms with Crippen molar-refractivity contribution in [1.29, 1.82) is 0 Å². The summed E-state index contributed by atoms with van der Waals surface area (Å²) in [6, 6.07) is 0.645. The molecule has 0 saturated carbocycles. The Bertz CT molecular complexity index is 177. The molecule has 1 aliphatic heterocycles. The molecule has 4 heteroatoms. The molecule has 0 spiro atoms. The lowest BCUT2D eigenvalue weighted by Crippen LogP contribution is -2.30. The molecule has 1 unspecified atom stereocenters. The number of hydrogen-bond donors (Lipinski definition) is 2. The molecule has 88 valence electrons. The first-order valence-electron chi connectivity index (χ1n) is 5.88. The fraction of sp³-hybridized carbons (Fsp3) is 0.909. The summed E-state index contributed by atoms with van der Waals surface area (Å²) in [5.41, 5.74) is 0. The maximum absolute atomic E-state index is 10.8. The van der Waals surface area contributed by atoms with Crippen LogP contribution in [0.3, 0.4) is 0 Å². The lowest BCUT2D eigenvalue weighted by atomic mass is 10.1. The van der Waals surface area contributed by atoms with Crippen LogP contribution >= 0.6 is 0 Å². The van der Waals surface area contributed by atoms with Gasteiger partial charge in [0, 0.05) is 12.6 Å². The van der Waals surface area contributed by atoms with Crippen molar-refractivity contribution in [2.45, 2.75) is 44.6 Å². The van der Waals surface area contributed by atoms with E-state index < -0.39 is 0 Å². The largest absolute Gasteiger partial charge is 0.453 e. The topological polar surface area (TPSA) is 50.4 Å². The van der Waals surface area contributed by atoms with Crippen molar-refractivity contribution in [3.63, 3.8) is 0 Å². The molecule has 0 radical (unpaired) electrons. The van der Waals surface area contributed by atoms with Crippen LogP contribution in [0.25, 0.3) is 0 Å². The lowest BCUT2D eigenvalue weighted by molar-refractivity contribution is 0.170. The molecule has 15 heavy (non-hydrogen) atoms. The fourth-order valence-corrected chi connectivity index (χ4v) is 1.96. The molecule has 1 saturated heterocycles. The number of nitrogens with one attached hydrogen (secondary N) is 2. The minimum Gasteiger partial charge on any atom is -0.453 e. The SMILES string of the molecule is COC(=O)NCCCC1CCCCCN1. The highest BCUT2D eigenvalue weighted by molar-refractivity contribution is 5.66. The predicted molar refractivity (Wildman–Crippen MR) is 59.9 cm³/mol. The molecule has 0 aromatic rings. The molecule has 0 aliphatic carbocycles. The van der Waals surface area contributed by atoms with Gasteiger partial charge in [-0.3, -0.25) is 0 Å². The van der Waals surface area contributed by atoms with Crippen molar-refractivity contribution in [2.24, 2.45) is 0 Å². The second-order valence-corrected chi connectivity index (χ2v) is 4.06. The number of carbonyl (C=O) groups excluding carboxylic acids is 1. The van der Waals surface area contributed by atoms with Crippen LogP contribution in [0.5, 0.6) is 0 Å². The fourth-order valence-electron chi connectivity index (χ4n) is 1.96. The van der Waals surface area contributed by atoms with E-state index in [4.69, 9.17) is 0 Å². The third kappa shape index (κ3) is 5.62. The molecule has 1 heterocycles. The Kier molecular flexibility index (Phi) is 6.16. The summed E-state index contributed by atoms with van der Waals surface area (Å²) >= 11 is 0. The summed E-state index contributed by atoms with van der Waals surface area (Å²) in [7, 11) is 1.39. The smallest absolute Gasteiger partial charge is 0.406 e. The maximum Gasteiger partial charge on any atom is 0.406 e. The van der Waals surface area contributed by atoms with Crippen LogP contribution in [0.15, 0.2) is 0 Å². The third-order valence-electron chi connectivity index (χ3n) is 2.85. The molecule has 0 aromatic carbocycles. The third-order valence-corrected chi connectivity index (χ3v) is 2.85. The molecule has 1 fully saturated rings. The highest BCUT2D eigenvalue weighted by Crippen LogP contribution is 2.11. The van der Waals surface area contributed by atoms with E-state index in [-0.39, 0.29) is 6.09 Å². The van der Waals surface area contributed by atoms with Crippen LogP contribution in [-0.4, -0.2) is 32.3 Å². The standard InChI is InChI=1S/C11H22N2O2/c1-15-11(14)13-9-5-7-10-6-3-2-4-8-12-10/h10,12H,2-9H2,1H3,(H,13,14). The highest BCUT2D eigenvalue weighted by atomic mass is 16.5. The number of hydrogen-bond acceptors (Lipinski definition) is 3. The second kappa shape index (κ2) is 7.51. The van der Waals surface area contributed by atoms with E-state index in [0.717, 1.165) is 19.4 Å². The van der Waals surface area contributed by atoms with Crippen molar-refractivity contribution >= 4 is 6.09 Å². The van der Waals surface area contributed by atoms with Gasteiger partial charge in [-0.05, 0) is 32.2 Å². The van der Waals surface area contributed by atoms with Crippen molar-refractivity contribution in [1.82, 2.24) is 10.6 Å². The Balaban J connectivity index is 2.00. The zero-order valence-corrected chi connectivity index (χ0v) is 9.55. The van der Waals surface area contributed by atoms with Gasteiger partial charge in [-0.25, -0.2) is 4.79 Å². The average Bonchev–Trinajstić information content (AvgIpc) is 2.52. The van der Waals surface area contributed by atoms with Gasteiger partial charge in [0.15, 0.2) is 0 Å². The Labute approximate surface area is 91.8 Å². The number of ether oxygens (including phenoxy) is 1. The summed E-state index contributed by atoms with van der Waals surface area (Å²) in [6.45, 7) is 1.86. The van der Waals surface area contributed by atoms with Gasteiger partial charge < -0.3 is 15.4 Å². The second-order valence-electron chi connectivity index (χ2n) is 4.06.